The largest absolute Gasteiger partial charge is 0.382 e. The van der Waals surface area contributed by atoms with Gasteiger partial charge in [-0.05, 0) is 25.0 Å². The zero-order chi connectivity index (χ0) is 10.7. The molecule has 0 aromatic heterocycles. The lowest BCUT2D eigenvalue weighted by molar-refractivity contribution is 0.753. The number of nitrogens with one attached hydrogen (secondary N) is 1. The molecule has 1 saturated carbocycles. The molecule has 1 aromatic carbocycles. The highest BCUT2D eigenvalue weighted by Gasteiger charge is 2.16. The van der Waals surface area contributed by atoms with Crippen LogP contribution in [-0.4, -0.2) is 6.04 Å². The highest BCUT2D eigenvalue weighted by atomic mass is 35.5. The van der Waals surface area contributed by atoms with E-state index >= 15 is 0 Å². The Kier molecular flexibility index (Phi) is 3.49. The van der Waals surface area contributed by atoms with Gasteiger partial charge in [0, 0.05) is 28.9 Å². The Morgan fingerprint density at radius 1 is 1.33 bits per heavy atom. The summed E-state index contributed by atoms with van der Waals surface area (Å²) in [6.45, 7) is 0.495. The predicted molar refractivity (Wildman–Crippen MR) is 65.2 cm³/mol. The monoisotopic (exact) mass is 224 g/mol. The number of hydrogen-bond acceptors (Lipinski definition) is 2. The lowest BCUT2D eigenvalue weighted by Crippen LogP contribution is -2.16. The van der Waals surface area contributed by atoms with Gasteiger partial charge in [0.1, 0.15) is 0 Å². The molecular weight excluding hydrogens is 208 g/mol. The summed E-state index contributed by atoms with van der Waals surface area (Å²) < 4.78 is 0. The van der Waals surface area contributed by atoms with E-state index in [2.05, 4.69) is 11.4 Å². The molecular formula is C12H17ClN2. The van der Waals surface area contributed by atoms with Gasteiger partial charge in [-0.15, -0.1) is 0 Å². The van der Waals surface area contributed by atoms with Crippen molar-refractivity contribution in [1.29, 1.82) is 0 Å². The molecule has 3 heteroatoms. The fourth-order valence-electron chi connectivity index (χ4n) is 2.19. The Labute approximate surface area is 95.8 Å². The number of halogens is 1. The summed E-state index contributed by atoms with van der Waals surface area (Å²) in [5.41, 5.74) is 7.84. The quantitative estimate of drug-likeness (QED) is 0.828. The van der Waals surface area contributed by atoms with Crippen LogP contribution < -0.4 is 11.1 Å². The van der Waals surface area contributed by atoms with Gasteiger partial charge in [-0.1, -0.05) is 30.5 Å². The first-order valence-corrected chi connectivity index (χ1v) is 5.93. The second kappa shape index (κ2) is 4.86. The van der Waals surface area contributed by atoms with Crippen LogP contribution in [0.25, 0.3) is 0 Å². The second-order valence-electron chi connectivity index (χ2n) is 4.10. The number of rotatable bonds is 3. The van der Waals surface area contributed by atoms with Crippen molar-refractivity contribution in [1.82, 2.24) is 0 Å². The van der Waals surface area contributed by atoms with Crippen molar-refractivity contribution in [3.05, 3.63) is 28.8 Å². The Morgan fingerprint density at radius 2 is 2.07 bits per heavy atom. The minimum absolute atomic E-state index is 0.495. The maximum absolute atomic E-state index is 6.09. The molecule has 2 rings (SSSR count). The van der Waals surface area contributed by atoms with Crippen molar-refractivity contribution < 1.29 is 0 Å². The highest BCUT2D eigenvalue weighted by molar-refractivity contribution is 6.31. The van der Waals surface area contributed by atoms with Gasteiger partial charge < -0.3 is 11.1 Å². The van der Waals surface area contributed by atoms with Gasteiger partial charge in [-0.3, -0.25) is 0 Å². The first-order chi connectivity index (χ1) is 7.31. The van der Waals surface area contributed by atoms with Crippen molar-refractivity contribution in [2.75, 3.05) is 5.32 Å². The molecule has 0 unspecified atom stereocenters. The summed E-state index contributed by atoms with van der Waals surface area (Å²) in [6.07, 6.45) is 5.18. The van der Waals surface area contributed by atoms with Crippen molar-refractivity contribution in [3.8, 4) is 0 Å². The van der Waals surface area contributed by atoms with Gasteiger partial charge in [-0.25, -0.2) is 0 Å². The fraction of sp³-hybridized carbons (Fsp3) is 0.500. The van der Waals surface area contributed by atoms with Crippen LogP contribution in [0.3, 0.4) is 0 Å². The lowest BCUT2D eigenvalue weighted by Gasteiger charge is -2.17. The van der Waals surface area contributed by atoms with E-state index < -0.39 is 0 Å². The molecule has 3 N–H and O–H groups in total. The minimum Gasteiger partial charge on any atom is -0.382 e. The van der Waals surface area contributed by atoms with Crippen LogP contribution in [0.5, 0.6) is 0 Å². The van der Waals surface area contributed by atoms with E-state index in [-0.39, 0.29) is 0 Å². The Bertz CT molecular complexity index is 332. The topological polar surface area (TPSA) is 38.0 Å². The van der Waals surface area contributed by atoms with Gasteiger partial charge in [-0.2, -0.15) is 0 Å². The van der Waals surface area contributed by atoms with E-state index in [9.17, 15) is 0 Å². The normalized spacial score (nSPS) is 16.9. The highest BCUT2D eigenvalue weighted by Crippen LogP contribution is 2.27. The van der Waals surface area contributed by atoms with Crippen LogP contribution in [0.2, 0.25) is 5.02 Å². The van der Waals surface area contributed by atoms with Crippen LogP contribution in [0.1, 0.15) is 31.2 Å². The van der Waals surface area contributed by atoms with Gasteiger partial charge in [0.05, 0.1) is 0 Å². The van der Waals surface area contributed by atoms with E-state index in [4.69, 9.17) is 17.3 Å². The third kappa shape index (κ3) is 2.44. The second-order valence-corrected chi connectivity index (χ2v) is 4.50. The van der Waals surface area contributed by atoms with Crippen LogP contribution in [0, 0.1) is 0 Å². The molecule has 0 heterocycles. The first-order valence-electron chi connectivity index (χ1n) is 5.55. The number of nitrogens with two attached hydrogens (primary N) is 1. The third-order valence-corrected chi connectivity index (χ3v) is 3.39. The summed E-state index contributed by atoms with van der Waals surface area (Å²) in [5.74, 6) is 0. The summed E-state index contributed by atoms with van der Waals surface area (Å²) >= 11 is 6.09. The first kappa shape index (κ1) is 10.8. The molecule has 15 heavy (non-hydrogen) atoms. The maximum atomic E-state index is 6.09. The van der Waals surface area contributed by atoms with E-state index in [1.165, 1.54) is 25.7 Å². The number of anilines is 1. The number of benzene rings is 1. The molecule has 1 aliphatic rings. The molecule has 1 aromatic rings. The Balaban J connectivity index is 2.15. The van der Waals surface area contributed by atoms with Gasteiger partial charge in [0.15, 0.2) is 0 Å². The average molecular weight is 225 g/mol. The van der Waals surface area contributed by atoms with Crippen molar-refractivity contribution in [2.45, 2.75) is 38.3 Å². The van der Waals surface area contributed by atoms with E-state index in [0.29, 0.717) is 12.6 Å². The molecule has 0 atom stereocenters. The summed E-state index contributed by atoms with van der Waals surface area (Å²) in [6, 6.07) is 6.53. The van der Waals surface area contributed by atoms with Crippen molar-refractivity contribution in [3.63, 3.8) is 0 Å². The van der Waals surface area contributed by atoms with E-state index in [0.717, 1.165) is 16.3 Å². The maximum Gasteiger partial charge on any atom is 0.0471 e. The molecule has 1 aliphatic carbocycles. The van der Waals surface area contributed by atoms with Crippen LogP contribution in [0.15, 0.2) is 18.2 Å². The molecule has 0 amide bonds. The lowest BCUT2D eigenvalue weighted by atomic mass is 10.1. The SMILES string of the molecule is NCc1c(Cl)cccc1NC1CCCC1. The fourth-order valence-corrected chi connectivity index (χ4v) is 2.44. The molecule has 0 spiro atoms. The number of hydrogen-bond donors (Lipinski definition) is 2. The smallest absolute Gasteiger partial charge is 0.0471 e. The van der Waals surface area contributed by atoms with Crippen LogP contribution >= 0.6 is 11.6 Å². The summed E-state index contributed by atoms with van der Waals surface area (Å²) in [7, 11) is 0. The molecule has 0 saturated heterocycles. The molecule has 0 radical (unpaired) electrons. The van der Waals surface area contributed by atoms with E-state index in [1.54, 1.807) is 0 Å². The van der Waals surface area contributed by atoms with Crippen LogP contribution in [0.4, 0.5) is 5.69 Å². The Morgan fingerprint density at radius 3 is 2.73 bits per heavy atom. The predicted octanol–water partition coefficient (Wildman–Crippen LogP) is 3.15. The van der Waals surface area contributed by atoms with Gasteiger partial charge in [0.25, 0.3) is 0 Å². The van der Waals surface area contributed by atoms with Gasteiger partial charge in [0.2, 0.25) is 0 Å². The zero-order valence-electron chi connectivity index (χ0n) is 8.80. The molecule has 0 aliphatic heterocycles. The molecule has 0 bridgehead atoms. The zero-order valence-corrected chi connectivity index (χ0v) is 9.56. The van der Waals surface area contributed by atoms with Crippen LogP contribution in [-0.2, 0) is 6.54 Å². The van der Waals surface area contributed by atoms with Crippen molar-refractivity contribution in [2.24, 2.45) is 5.73 Å². The third-order valence-electron chi connectivity index (χ3n) is 3.04. The molecule has 82 valence electrons. The summed E-state index contributed by atoms with van der Waals surface area (Å²) in [4.78, 5) is 0. The van der Waals surface area contributed by atoms with Gasteiger partial charge >= 0.3 is 0 Å². The van der Waals surface area contributed by atoms with E-state index in [1.807, 2.05) is 12.1 Å². The molecule has 1 fully saturated rings. The molecule has 2 nitrogen and oxygen atoms in total. The minimum atomic E-state index is 0.495. The summed E-state index contributed by atoms with van der Waals surface area (Å²) in [5, 5.41) is 4.30. The Hall–Kier alpha value is -0.730. The standard InChI is InChI=1S/C12H17ClN2/c13-11-6-3-7-12(10(11)8-14)15-9-4-1-2-5-9/h3,6-7,9,15H,1-2,4-5,8,14H2. The van der Waals surface area contributed by atoms with Crippen molar-refractivity contribution >= 4 is 17.3 Å². The average Bonchev–Trinajstić information content (AvgIpc) is 2.71.